The highest BCUT2D eigenvalue weighted by atomic mass is 28.3. The van der Waals surface area contributed by atoms with Gasteiger partial charge in [0.05, 0.1) is 22.1 Å². The molecule has 0 spiro atoms. The van der Waals surface area contributed by atoms with Crippen LogP contribution in [0, 0.1) is 6.85 Å². The molecule has 0 radical (unpaired) electrons. The first-order valence-corrected chi connectivity index (χ1v) is 20.6. The van der Waals surface area contributed by atoms with E-state index in [0.717, 1.165) is 61.2 Å². The normalized spacial score (nSPS) is 15.6. The largest absolute Gasteiger partial charge is 0.456 e. The van der Waals surface area contributed by atoms with Crippen molar-refractivity contribution in [1.82, 2.24) is 14.0 Å². The van der Waals surface area contributed by atoms with Crippen molar-refractivity contribution in [2.24, 2.45) is 0 Å². The fourth-order valence-corrected chi connectivity index (χ4v) is 12.2. The minimum atomic E-state index is -2.82. The molecule has 3 heterocycles. The van der Waals surface area contributed by atoms with E-state index in [1.807, 2.05) is 42.5 Å². The maximum Gasteiger partial charge on any atom is 0.220 e. The SMILES string of the molecule is [2H]C([2H])([2H])c1ccc([Si](C)(c2ccccc2)c2cccc(-n3c4ccccc4n4c5ccccc5nc34)c2)cc1-c1cccc2c1Oc1ccccc1C2(C)C. The lowest BCUT2D eigenvalue weighted by atomic mass is 9.74. The van der Waals surface area contributed by atoms with Crippen molar-refractivity contribution >= 4 is 51.5 Å². The number of para-hydroxylation sites is 6. The number of aryl methyl sites for hydroxylation is 1. The van der Waals surface area contributed by atoms with Crippen molar-refractivity contribution in [2.75, 3.05) is 0 Å². The van der Waals surface area contributed by atoms with Crippen LogP contribution in [0.3, 0.4) is 0 Å². The molecule has 0 fully saturated rings. The Balaban J connectivity index is 1.20. The van der Waals surface area contributed by atoms with Crippen LogP contribution in [0.2, 0.25) is 6.55 Å². The summed E-state index contributed by atoms with van der Waals surface area (Å²) in [7, 11) is -2.82. The summed E-state index contributed by atoms with van der Waals surface area (Å²) in [4.78, 5) is 5.15. The van der Waals surface area contributed by atoms with Crippen molar-refractivity contribution in [1.29, 1.82) is 0 Å². The van der Waals surface area contributed by atoms with Crippen LogP contribution in [0.4, 0.5) is 0 Å². The van der Waals surface area contributed by atoms with E-state index in [1.165, 1.54) is 10.4 Å². The third-order valence-corrected chi connectivity index (χ3v) is 15.9. The molecule has 0 aliphatic carbocycles. The van der Waals surface area contributed by atoms with E-state index in [-0.39, 0.29) is 5.41 Å². The van der Waals surface area contributed by atoms with Crippen LogP contribution in [-0.2, 0) is 5.41 Å². The van der Waals surface area contributed by atoms with Gasteiger partial charge in [0.25, 0.3) is 0 Å². The molecule has 1 atom stereocenters. The fourth-order valence-electron chi connectivity index (χ4n) is 8.59. The van der Waals surface area contributed by atoms with Crippen LogP contribution in [0.25, 0.3) is 44.7 Å². The summed E-state index contributed by atoms with van der Waals surface area (Å²) in [6, 6.07) is 56.6. The van der Waals surface area contributed by atoms with Crippen LogP contribution in [0.5, 0.6) is 11.5 Å². The molecule has 2 aromatic heterocycles. The lowest BCUT2D eigenvalue weighted by molar-refractivity contribution is 0.419. The minimum Gasteiger partial charge on any atom is -0.456 e. The number of nitrogens with zero attached hydrogens (tertiary/aromatic N) is 3. The number of rotatable bonds is 5. The van der Waals surface area contributed by atoms with Crippen molar-refractivity contribution in [3.8, 4) is 28.3 Å². The highest BCUT2D eigenvalue weighted by molar-refractivity contribution is 7.10. The van der Waals surface area contributed by atoms with Gasteiger partial charge in [0.1, 0.15) is 19.6 Å². The van der Waals surface area contributed by atoms with Gasteiger partial charge < -0.3 is 4.74 Å². The van der Waals surface area contributed by atoms with Crippen LogP contribution in [0.15, 0.2) is 164 Å². The number of benzene rings is 7. The Labute approximate surface area is 314 Å². The lowest BCUT2D eigenvalue weighted by Gasteiger charge is -2.36. The molecule has 0 N–H and O–H groups in total. The van der Waals surface area contributed by atoms with Gasteiger partial charge in [-0.2, -0.15) is 0 Å². The Hall–Kier alpha value is -6.17. The van der Waals surface area contributed by atoms with Crippen molar-refractivity contribution in [3.63, 3.8) is 0 Å². The Bertz CT molecular complexity index is 3000. The zero-order chi connectivity index (χ0) is 38.4. The second kappa shape index (κ2) is 11.7. The molecule has 0 saturated heterocycles. The topological polar surface area (TPSA) is 31.5 Å². The first kappa shape index (κ1) is 28.4. The molecule has 9 aromatic rings. The van der Waals surface area contributed by atoms with Crippen LogP contribution >= 0.6 is 0 Å². The quantitative estimate of drug-likeness (QED) is 0.132. The van der Waals surface area contributed by atoms with Crippen molar-refractivity contribution < 1.29 is 8.85 Å². The van der Waals surface area contributed by atoms with Gasteiger partial charge in [-0.15, -0.1) is 0 Å². The monoisotopic (exact) mass is 704 g/mol. The average Bonchev–Trinajstić information content (AvgIpc) is 3.75. The third-order valence-electron chi connectivity index (χ3n) is 11.5. The maximum atomic E-state index is 8.73. The number of imidazole rings is 2. The Morgan fingerprint density at radius 2 is 1.28 bits per heavy atom. The Kier molecular flexibility index (Phi) is 6.26. The van der Waals surface area contributed by atoms with Crippen molar-refractivity contribution in [2.45, 2.75) is 32.7 Å². The molecule has 5 heteroatoms. The summed E-state index contributed by atoms with van der Waals surface area (Å²) < 4.78 is 37.4. The van der Waals surface area contributed by atoms with Gasteiger partial charge in [-0.05, 0) is 76.0 Å². The molecule has 53 heavy (non-hydrogen) atoms. The number of fused-ring (bicyclic) bond motifs is 7. The molecule has 1 aliphatic rings. The highest BCUT2D eigenvalue weighted by Crippen LogP contribution is 2.51. The molecule has 0 amide bonds. The van der Waals surface area contributed by atoms with Crippen LogP contribution in [-0.4, -0.2) is 22.0 Å². The van der Waals surface area contributed by atoms with E-state index < -0.39 is 14.9 Å². The molecular formula is C48H39N3OSi. The van der Waals surface area contributed by atoms with Gasteiger partial charge in [-0.1, -0.05) is 142 Å². The molecule has 7 aromatic carbocycles. The summed E-state index contributed by atoms with van der Waals surface area (Å²) >= 11 is 0. The zero-order valence-electron chi connectivity index (χ0n) is 32.8. The summed E-state index contributed by atoms with van der Waals surface area (Å²) in [5.41, 5.74) is 8.74. The van der Waals surface area contributed by atoms with E-state index in [1.54, 1.807) is 0 Å². The third kappa shape index (κ3) is 4.63. The molecular weight excluding hydrogens is 663 g/mol. The molecule has 256 valence electrons. The zero-order valence-corrected chi connectivity index (χ0v) is 30.8. The molecule has 0 saturated carbocycles. The van der Waals surface area contributed by atoms with E-state index in [4.69, 9.17) is 13.8 Å². The predicted octanol–water partition coefficient (Wildman–Crippen LogP) is 9.94. The van der Waals surface area contributed by atoms with Crippen molar-refractivity contribution in [3.05, 3.63) is 180 Å². The molecule has 1 aliphatic heterocycles. The smallest absolute Gasteiger partial charge is 0.220 e. The second-order valence-corrected chi connectivity index (χ2v) is 18.7. The average molecular weight is 705 g/mol. The molecule has 10 rings (SSSR count). The van der Waals surface area contributed by atoms with Gasteiger partial charge in [0.15, 0.2) is 0 Å². The maximum absolute atomic E-state index is 8.73. The van der Waals surface area contributed by atoms with Gasteiger partial charge in [-0.3, -0.25) is 8.97 Å². The highest BCUT2D eigenvalue weighted by Gasteiger charge is 2.37. The van der Waals surface area contributed by atoms with Gasteiger partial charge in [-0.25, -0.2) is 4.98 Å². The van der Waals surface area contributed by atoms with E-state index in [9.17, 15) is 0 Å². The fraction of sp³-hybridized carbons (Fsp3) is 0.104. The van der Waals surface area contributed by atoms with Gasteiger partial charge in [0.2, 0.25) is 5.78 Å². The standard InChI is InChI=1S/C48H39N3OSi/c1-32-28-29-36(31-38(32)37-20-15-22-40-46(37)52-45-27-13-8-21-39(45)48(40,2)3)53(4,34-17-6-5-7-18-34)35-19-14-16-33(30-35)50-43-25-11-12-26-44(43)51-42-24-10-9-23-41(42)49-47(50)51/h5-31H,1-4H3/i1D3. The first-order chi connectivity index (χ1) is 27.0. The summed E-state index contributed by atoms with van der Waals surface area (Å²) in [6.45, 7) is 4.44. The summed E-state index contributed by atoms with van der Waals surface area (Å²) in [5.74, 6) is 2.36. The number of aromatic nitrogens is 3. The molecule has 1 unspecified atom stereocenters. The Morgan fingerprint density at radius 1 is 0.604 bits per heavy atom. The van der Waals surface area contributed by atoms with Crippen LogP contribution in [0.1, 0.15) is 34.7 Å². The summed E-state index contributed by atoms with van der Waals surface area (Å²) in [6.07, 6.45) is 0. The number of hydrogen-bond acceptors (Lipinski definition) is 2. The second-order valence-electron chi connectivity index (χ2n) is 14.8. The first-order valence-electron chi connectivity index (χ1n) is 19.6. The van der Waals surface area contributed by atoms with Gasteiger partial charge in [0, 0.05) is 31.9 Å². The Morgan fingerprint density at radius 3 is 2.13 bits per heavy atom. The number of hydrogen-bond donors (Lipinski definition) is 0. The van der Waals surface area contributed by atoms with E-state index in [2.05, 4.69) is 151 Å². The molecule has 0 bridgehead atoms. The van der Waals surface area contributed by atoms with Gasteiger partial charge >= 0.3 is 0 Å². The number of ether oxygens (including phenoxy) is 1. The van der Waals surface area contributed by atoms with Crippen LogP contribution < -0.4 is 20.3 Å². The minimum absolute atomic E-state index is 0.306. The summed E-state index contributed by atoms with van der Waals surface area (Å²) in [5, 5.41) is 3.52. The van der Waals surface area contributed by atoms with E-state index >= 15 is 0 Å². The molecule has 4 nitrogen and oxygen atoms in total. The van der Waals surface area contributed by atoms with E-state index in [0.29, 0.717) is 16.9 Å². The lowest BCUT2D eigenvalue weighted by Crippen LogP contribution is -2.64. The predicted molar refractivity (Wildman–Crippen MR) is 222 cm³/mol.